The van der Waals surface area contributed by atoms with E-state index in [2.05, 4.69) is 23.5 Å². The first kappa shape index (κ1) is 14.7. The predicted octanol–water partition coefficient (Wildman–Crippen LogP) is 2.71. The second kappa shape index (κ2) is 7.20. The summed E-state index contributed by atoms with van der Waals surface area (Å²) >= 11 is 0. The van der Waals surface area contributed by atoms with E-state index in [1.807, 2.05) is 30.1 Å². The second-order valence-electron chi connectivity index (χ2n) is 5.15. The molecule has 20 heavy (non-hydrogen) atoms. The Labute approximate surface area is 119 Å². The predicted molar refractivity (Wildman–Crippen MR) is 79.1 cm³/mol. The standard InChI is InChI=1S/C16H22FN3/c1-3-18-16(9-6-14-11-19-20(2)12-14)10-13-4-7-15(17)8-5-13/h4-5,7-8,11-12,16,18H,3,6,9-10H2,1-2H3. The van der Waals surface area contributed by atoms with Gasteiger partial charge in [-0.3, -0.25) is 4.68 Å². The van der Waals surface area contributed by atoms with Crippen LogP contribution >= 0.6 is 0 Å². The van der Waals surface area contributed by atoms with Crippen LogP contribution in [0.5, 0.6) is 0 Å². The van der Waals surface area contributed by atoms with Gasteiger partial charge in [0.2, 0.25) is 0 Å². The number of likely N-dealkylation sites (N-methyl/N-ethyl adjacent to an activating group) is 1. The lowest BCUT2D eigenvalue weighted by molar-refractivity contribution is 0.490. The maximum atomic E-state index is 12.9. The average Bonchev–Trinajstić information content (AvgIpc) is 2.85. The van der Waals surface area contributed by atoms with Crippen LogP contribution in [0, 0.1) is 5.82 Å². The molecule has 0 spiro atoms. The molecule has 0 aliphatic carbocycles. The van der Waals surface area contributed by atoms with E-state index in [-0.39, 0.29) is 5.82 Å². The number of aromatic nitrogens is 2. The summed E-state index contributed by atoms with van der Waals surface area (Å²) < 4.78 is 14.7. The van der Waals surface area contributed by atoms with Gasteiger partial charge in [0.05, 0.1) is 6.20 Å². The van der Waals surface area contributed by atoms with Crippen molar-refractivity contribution in [3.8, 4) is 0 Å². The number of hydrogen-bond acceptors (Lipinski definition) is 2. The molecule has 2 aromatic rings. The first-order chi connectivity index (χ1) is 9.67. The van der Waals surface area contributed by atoms with E-state index in [4.69, 9.17) is 0 Å². The normalized spacial score (nSPS) is 12.6. The number of nitrogens with zero attached hydrogens (tertiary/aromatic N) is 2. The van der Waals surface area contributed by atoms with Crippen LogP contribution in [0.4, 0.5) is 4.39 Å². The zero-order chi connectivity index (χ0) is 14.4. The summed E-state index contributed by atoms with van der Waals surface area (Å²) in [6, 6.07) is 7.19. The highest BCUT2D eigenvalue weighted by Crippen LogP contribution is 2.11. The third-order valence-corrected chi connectivity index (χ3v) is 3.43. The fourth-order valence-electron chi connectivity index (χ4n) is 2.41. The lowest BCUT2D eigenvalue weighted by Crippen LogP contribution is -2.31. The molecular formula is C16H22FN3. The highest BCUT2D eigenvalue weighted by molar-refractivity contribution is 5.17. The summed E-state index contributed by atoms with van der Waals surface area (Å²) in [5.41, 5.74) is 2.43. The third-order valence-electron chi connectivity index (χ3n) is 3.43. The van der Waals surface area contributed by atoms with E-state index in [0.29, 0.717) is 6.04 Å². The molecule has 4 heteroatoms. The zero-order valence-electron chi connectivity index (χ0n) is 12.1. The van der Waals surface area contributed by atoms with Gasteiger partial charge in [-0.25, -0.2) is 4.39 Å². The largest absolute Gasteiger partial charge is 0.314 e. The van der Waals surface area contributed by atoms with Crippen LogP contribution < -0.4 is 5.32 Å². The summed E-state index contributed by atoms with van der Waals surface area (Å²) in [5.74, 6) is -0.177. The Morgan fingerprint density at radius 3 is 2.60 bits per heavy atom. The Hall–Kier alpha value is -1.68. The maximum Gasteiger partial charge on any atom is 0.123 e. The van der Waals surface area contributed by atoms with Crippen LogP contribution in [0.15, 0.2) is 36.7 Å². The van der Waals surface area contributed by atoms with E-state index in [9.17, 15) is 4.39 Å². The van der Waals surface area contributed by atoms with E-state index < -0.39 is 0 Å². The van der Waals surface area contributed by atoms with E-state index in [1.54, 1.807) is 0 Å². The Morgan fingerprint density at radius 1 is 1.25 bits per heavy atom. The van der Waals surface area contributed by atoms with Crippen LogP contribution in [0.1, 0.15) is 24.5 Å². The number of hydrogen-bond donors (Lipinski definition) is 1. The number of aryl methyl sites for hydroxylation is 2. The van der Waals surface area contributed by atoms with Crippen molar-refractivity contribution in [1.29, 1.82) is 0 Å². The van der Waals surface area contributed by atoms with Crippen molar-refractivity contribution in [2.24, 2.45) is 7.05 Å². The van der Waals surface area contributed by atoms with Gasteiger partial charge in [-0.15, -0.1) is 0 Å². The number of halogens is 1. The molecule has 1 unspecified atom stereocenters. The summed E-state index contributed by atoms with van der Waals surface area (Å²) in [6.45, 7) is 3.06. The molecule has 2 rings (SSSR count). The molecule has 1 aromatic carbocycles. The van der Waals surface area contributed by atoms with Crippen molar-refractivity contribution >= 4 is 0 Å². The fourth-order valence-corrected chi connectivity index (χ4v) is 2.41. The van der Waals surface area contributed by atoms with Crippen molar-refractivity contribution in [3.63, 3.8) is 0 Å². The summed E-state index contributed by atoms with van der Waals surface area (Å²) in [5, 5.41) is 7.69. The average molecular weight is 275 g/mol. The van der Waals surface area contributed by atoms with Crippen molar-refractivity contribution in [2.45, 2.75) is 32.2 Å². The smallest absolute Gasteiger partial charge is 0.123 e. The molecule has 1 aromatic heterocycles. The maximum absolute atomic E-state index is 12.9. The number of rotatable bonds is 7. The van der Waals surface area contributed by atoms with Gasteiger partial charge in [0.15, 0.2) is 0 Å². The molecule has 1 heterocycles. The topological polar surface area (TPSA) is 29.9 Å². The van der Waals surface area contributed by atoms with E-state index >= 15 is 0 Å². The molecule has 0 amide bonds. The summed E-state index contributed by atoms with van der Waals surface area (Å²) in [4.78, 5) is 0. The molecule has 0 aliphatic rings. The van der Waals surface area contributed by atoms with E-state index in [0.717, 1.165) is 25.8 Å². The highest BCUT2D eigenvalue weighted by Gasteiger charge is 2.09. The van der Waals surface area contributed by atoms with Gasteiger partial charge in [-0.05, 0) is 49.1 Å². The van der Waals surface area contributed by atoms with Gasteiger partial charge in [-0.2, -0.15) is 5.10 Å². The number of benzene rings is 1. The molecule has 1 atom stereocenters. The van der Waals surface area contributed by atoms with Crippen LogP contribution in [0.2, 0.25) is 0 Å². The fraction of sp³-hybridized carbons (Fsp3) is 0.438. The van der Waals surface area contributed by atoms with Crippen LogP contribution in [0.25, 0.3) is 0 Å². The van der Waals surface area contributed by atoms with Crippen LogP contribution in [0.3, 0.4) is 0 Å². The van der Waals surface area contributed by atoms with E-state index in [1.165, 1.54) is 23.3 Å². The third kappa shape index (κ3) is 4.46. The Balaban J connectivity index is 1.91. The minimum Gasteiger partial charge on any atom is -0.314 e. The van der Waals surface area contributed by atoms with Gasteiger partial charge in [-0.1, -0.05) is 19.1 Å². The molecule has 0 saturated carbocycles. The van der Waals surface area contributed by atoms with Gasteiger partial charge >= 0.3 is 0 Å². The zero-order valence-corrected chi connectivity index (χ0v) is 12.1. The van der Waals surface area contributed by atoms with Crippen molar-refractivity contribution in [3.05, 3.63) is 53.6 Å². The molecule has 0 fully saturated rings. The summed E-state index contributed by atoms with van der Waals surface area (Å²) in [7, 11) is 1.93. The van der Waals surface area contributed by atoms with Gasteiger partial charge in [0.25, 0.3) is 0 Å². The molecule has 108 valence electrons. The molecular weight excluding hydrogens is 253 g/mol. The van der Waals surface area contributed by atoms with Gasteiger partial charge in [0.1, 0.15) is 5.82 Å². The molecule has 0 radical (unpaired) electrons. The Kier molecular flexibility index (Phi) is 5.30. The van der Waals surface area contributed by atoms with Crippen molar-refractivity contribution < 1.29 is 4.39 Å². The monoisotopic (exact) mass is 275 g/mol. The molecule has 0 saturated heterocycles. The number of nitrogens with one attached hydrogen (secondary N) is 1. The Morgan fingerprint density at radius 2 is 2.00 bits per heavy atom. The Bertz CT molecular complexity index is 519. The molecule has 0 aliphatic heterocycles. The minimum atomic E-state index is -0.177. The lowest BCUT2D eigenvalue weighted by Gasteiger charge is -2.17. The highest BCUT2D eigenvalue weighted by atomic mass is 19.1. The first-order valence-corrected chi connectivity index (χ1v) is 7.12. The van der Waals surface area contributed by atoms with Crippen LogP contribution in [-0.4, -0.2) is 22.4 Å². The first-order valence-electron chi connectivity index (χ1n) is 7.12. The molecule has 3 nitrogen and oxygen atoms in total. The molecule has 1 N–H and O–H groups in total. The quantitative estimate of drug-likeness (QED) is 0.842. The van der Waals surface area contributed by atoms with Gasteiger partial charge < -0.3 is 5.32 Å². The summed E-state index contributed by atoms with van der Waals surface area (Å²) in [6.07, 6.45) is 6.96. The second-order valence-corrected chi connectivity index (χ2v) is 5.15. The van der Waals surface area contributed by atoms with Crippen molar-refractivity contribution in [1.82, 2.24) is 15.1 Å². The van der Waals surface area contributed by atoms with Gasteiger partial charge in [0, 0.05) is 19.3 Å². The minimum absolute atomic E-state index is 0.177. The van der Waals surface area contributed by atoms with Crippen molar-refractivity contribution in [2.75, 3.05) is 6.54 Å². The molecule has 0 bridgehead atoms. The SMILES string of the molecule is CCNC(CCc1cnn(C)c1)Cc1ccc(F)cc1. The van der Waals surface area contributed by atoms with Crippen LogP contribution in [-0.2, 0) is 19.9 Å². The lowest BCUT2D eigenvalue weighted by atomic mass is 10.00.